The second-order valence-electron chi connectivity index (χ2n) is 4.09. The molecule has 0 aliphatic carbocycles. The molecule has 0 saturated heterocycles. The van der Waals surface area contributed by atoms with Crippen molar-refractivity contribution in [3.8, 4) is 11.8 Å². The van der Waals surface area contributed by atoms with Gasteiger partial charge in [-0.15, -0.1) is 0 Å². The maximum Gasteiger partial charge on any atom is 0.145 e. The fourth-order valence-corrected chi connectivity index (χ4v) is 2.32. The smallest absolute Gasteiger partial charge is 0.145 e. The first-order chi connectivity index (χ1) is 9.10. The number of pyridine rings is 1. The van der Waals surface area contributed by atoms with Crippen molar-refractivity contribution in [2.24, 2.45) is 0 Å². The average Bonchev–Trinajstić information content (AvgIpc) is 2.37. The highest BCUT2D eigenvalue weighted by molar-refractivity contribution is 9.10. The van der Waals surface area contributed by atoms with Crippen LogP contribution in [0.3, 0.4) is 0 Å². The van der Waals surface area contributed by atoms with E-state index in [9.17, 15) is 0 Å². The fourth-order valence-electron chi connectivity index (χ4n) is 1.73. The van der Waals surface area contributed by atoms with Gasteiger partial charge in [0.2, 0.25) is 0 Å². The van der Waals surface area contributed by atoms with E-state index in [4.69, 9.17) is 15.7 Å². The van der Waals surface area contributed by atoms with Crippen LogP contribution in [0.2, 0.25) is 0 Å². The lowest BCUT2D eigenvalue weighted by Gasteiger charge is -2.12. The van der Waals surface area contributed by atoms with Crippen LogP contribution in [-0.4, -0.2) is 4.98 Å². The summed E-state index contributed by atoms with van der Waals surface area (Å²) in [7, 11) is 0. The predicted octanol–water partition coefficient (Wildman–Crippen LogP) is 3.19. The Morgan fingerprint density at radius 2 is 2.21 bits per heavy atom. The molecule has 1 aromatic carbocycles. The lowest BCUT2D eigenvalue weighted by Crippen LogP contribution is -2.01. The standard InChI is InChI=1S/C14H12BrN3O/c1-9-4-11(15)6-13(17)14(9)19-8-10-2-3-18-12(5-10)7-16/h2-6H,8,17H2,1H3. The Balaban J connectivity index is 2.17. The molecule has 1 aromatic heterocycles. The molecule has 0 unspecified atom stereocenters. The highest BCUT2D eigenvalue weighted by atomic mass is 79.9. The van der Waals surface area contributed by atoms with Gasteiger partial charge in [-0.3, -0.25) is 0 Å². The van der Waals surface area contributed by atoms with Crippen LogP contribution in [0.1, 0.15) is 16.8 Å². The van der Waals surface area contributed by atoms with Gasteiger partial charge in [0.25, 0.3) is 0 Å². The summed E-state index contributed by atoms with van der Waals surface area (Å²) < 4.78 is 6.65. The number of benzene rings is 1. The van der Waals surface area contributed by atoms with E-state index in [2.05, 4.69) is 20.9 Å². The molecule has 0 saturated carbocycles. The van der Waals surface area contributed by atoms with Crippen molar-refractivity contribution >= 4 is 21.6 Å². The molecule has 0 fully saturated rings. The van der Waals surface area contributed by atoms with Gasteiger partial charge in [0.15, 0.2) is 0 Å². The Hall–Kier alpha value is -2.06. The maximum absolute atomic E-state index is 8.79. The van der Waals surface area contributed by atoms with Gasteiger partial charge in [-0.05, 0) is 42.3 Å². The SMILES string of the molecule is Cc1cc(Br)cc(N)c1OCc1ccnc(C#N)c1. The van der Waals surface area contributed by atoms with Crippen LogP contribution in [-0.2, 0) is 6.61 Å². The Labute approximate surface area is 120 Å². The number of hydrogen-bond donors (Lipinski definition) is 1. The Morgan fingerprint density at radius 3 is 2.89 bits per heavy atom. The zero-order chi connectivity index (χ0) is 13.8. The molecule has 0 aliphatic rings. The first-order valence-electron chi connectivity index (χ1n) is 5.63. The molecule has 1 heterocycles. The minimum absolute atomic E-state index is 0.351. The molecule has 0 spiro atoms. The van der Waals surface area contributed by atoms with Crippen molar-refractivity contribution in [2.45, 2.75) is 13.5 Å². The number of halogens is 1. The van der Waals surface area contributed by atoms with Gasteiger partial charge in [-0.1, -0.05) is 15.9 Å². The van der Waals surface area contributed by atoms with E-state index in [1.807, 2.05) is 25.1 Å². The van der Waals surface area contributed by atoms with Crippen LogP contribution in [0.5, 0.6) is 5.75 Å². The highest BCUT2D eigenvalue weighted by Gasteiger charge is 2.07. The normalized spacial score (nSPS) is 9.95. The van der Waals surface area contributed by atoms with Crippen molar-refractivity contribution in [2.75, 3.05) is 5.73 Å². The summed E-state index contributed by atoms with van der Waals surface area (Å²) in [6.07, 6.45) is 1.59. The fraction of sp³-hybridized carbons (Fsp3) is 0.143. The summed E-state index contributed by atoms with van der Waals surface area (Å²) in [4.78, 5) is 3.91. The Morgan fingerprint density at radius 1 is 1.42 bits per heavy atom. The number of nitrogens with zero attached hydrogens (tertiary/aromatic N) is 2. The minimum Gasteiger partial charge on any atom is -0.486 e. The van der Waals surface area contributed by atoms with E-state index in [0.717, 1.165) is 15.6 Å². The van der Waals surface area contributed by atoms with E-state index < -0.39 is 0 Å². The van der Waals surface area contributed by atoms with Crippen LogP contribution < -0.4 is 10.5 Å². The molecule has 2 aromatic rings. The number of nitriles is 1. The molecule has 19 heavy (non-hydrogen) atoms. The summed E-state index contributed by atoms with van der Waals surface area (Å²) in [6.45, 7) is 2.29. The summed E-state index contributed by atoms with van der Waals surface area (Å²) in [5, 5.41) is 8.79. The van der Waals surface area contributed by atoms with Crippen LogP contribution in [0.4, 0.5) is 5.69 Å². The number of anilines is 1. The molecule has 2 N–H and O–H groups in total. The van der Waals surface area contributed by atoms with Crippen molar-refractivity contribution in [1.82, 2.24) is 4.98 Å². The largest absolute Gasteiger partial charge is 0.486 e. The second-order valence-corrected chi connectivity index (χ2v) is 5.01. The summed E-state index contributed by atoms with van der Waals surface area (Å²) in [5.74, 6) is 0.665. The molecule has 0 aliphatic heterocycles. The zero-order valence-corrected chi connectivity index (χ0v) is 11.9. The van der Waals surface area contributed by atoms with E-state index in [1.165, 1.54) is 0 Å². The predicted molar refractivity (Wildman–Crippen MR) is 76.6 cm³/mol. The number of rotatable bonds is 3. The van der Waals surface area contributed by atoms with E-state index in [0.29, 0.717) is 23.7 Å². The number of aryl methyl sites for hydroxylation is 1. The van der Waals surface area contributed by atoms with Gasteiger partial charge < -0.3 is 10.5 Å². The highest BCUT2D eigenvalue weighted by Crippen LogP contribution is 2.30. The lowest BCUT2D eigenvalue weighted by molar-refractivity contribution is 0.305. The number of aromatic nitrogens is 1. The maximum atomic E-state index is 8.79. The molecular formula is C14H12BrN3O. The second kappa shape index (κ2) is 5.72. The number of ether oxygens (including phenoxy) is 1. The lowest BCUT2D eigenvalue weighted by atomic mass is 10.2. The topological polar surface area (TPSA) is 71.9 Å². The van der Waals surface area contributed by atoms with Crippen molar-refractivity contribution in [1.29, 1.82) is 5.26 Å². The molecule has 5 heteroatoms. The third-order valence-corrected chi connectivity index (χ3v) is 3.05. The molecule has 4 nitrogen and oxygen atoms in total. The summed E-state index contributed by atoms with van der Waals surface area (Å²) in [5.41, 5.74) is 8.73. The van der Waals surface area contributed by atoms with Gasteiger partial charge in [-0.2, -0.15) is 5.26 Å². The van der Waals surface area contributed by atoms with Crippen molar-refractivity contribution < 1.29 is 4.74 Å². The van der Waals surface area contributed by atoms with Gasteiger partial charge in [-0.25, -0.2) is 4.98 Å². The number of hydrogen-bond acceptors (Lipinski definition) is 4. The van der Waals surface area contributed by atoms with E-state index >= 15 is 0 Å². The average molecular weight is 318 g/mol. The Bertz CT molecular complexity index is 626. The van der Waals surface area contributed by atoms with Gasteiger partial charge in [0.1, 0.15) is 24.1 Å². The number of nitrogens with two attached hydrogens (primary N) is 1. The molecule has 0 bridgehead atoms. The first-order valence-corrected chi connectivity index (χ1v) is 6.43. The minimum atomic E-state index is 0.351. The molecule has 2 rings (SSSR count). The van der Waals surface area contributed by atoms with Gasteiger partial charge in [0.05, 0.1) is 5.69 Å². The molecule has 0 atom stereocenters. The van der Waals surface area contributed by atoms with Gasteiger partial charge >= 0.3 is 0 Å². The first kappa shape index (κ1) is 13.4. The van der Waals surface area contributed by atoms with Crippen molar-refractivity contribution in [3.05, 3.63) is 51.8 Å². The van der Waals surface area contributed by atoms with E-state index in [-0.39, 0.29) is 0 Å². The zero-order valence-electron chi connectivity index (χ0n) is 10.4. The molecule has 0 radical (unpaired) electrons. The van der Waals surface area contributed by atoms with Crippen LogP contribution >= 0.6 is 15.9 Å². The van der Waals surface area contributed by atoms with Crippen LogP contribution in [0, 0.1) is 18.3 Å². The summed E-state index contributed by atoms with van der Waals surface area (Å²) in [6, 6.07) is 9.25. The quantitative estimate of drug-likeness (QED) is 0.882. The molecule has 0 amide bonds. The Kier molecular flexibility index (Phi) is 4.03. The number of nitrogen functional groups attached to an aromatic ring is 1. The molecule has 96 valence electrons. The van der Waals surface area contributed by atoms with E-state index in [1.54, 1.807) is 18.3 Å². The summed E-state index contributed by atoms with van der Waals surface area (Å²) >= 11 is 3.38. The third-order valence-electron chi connectivity index (χ3n) is 2.59. The molecular weight excluding hydrogens is 306 g/mol. The van der Waals surface area contributed by atoms with Crippen LogP contribution in [0.25, 0.3) is 0 Å². The third kappa shape index (κ3) is 3.24. The van der Waals surface area contributed by atoms with Crippen LogP contribution in [0.15, 0.2) is 34.9 Å². The monoisotopic (exact) mass is 317 g/mol. The van der Waals surface area contributed by atoms with Crippen molar-refractivity contribution in [3.63, 3.8) is 0 Å². The van der Waals surface area contributed by atoms with Gasteiger partial charge in [0, 0.05) is 10.7 Å².